The van der Waals surface area contributed by atoms with Crippen molar-refractivity contribution >= 4 is 5.91 Å². The smallest absolute Gasteiger partial charge is 0.273 e. The van der Waals surface area contributed by atoms with Gasteiger partial charge in [-0.25, -0.2) is 0 Å². The molecule has 2 rings (SSSR count). The van der Waals surface area contributed by atoms with Crippen LogP contribution in [0.5, 0.6) is 5.75 Å². The summed E-state index contributed by atoms with van der Waals surface area (Å²) in [6.07, 6.45) is 5.48. The molecule has 4 nitrogen and oxygen atoms in total. The van der Waals surface area contributed by atoms with E-state index in [2.05, 4.69) is 23.9 Å². The Labute approximate surface area is 107 Å². The fourth-order valence-electron chi connectivity index (χ4n) is 2.07. The molecule has 0 bridgehead atoms. The van der Waals surface area contributed by atoms with Crippen molar-refractivity contribution in [1.82, 2.24) is 10.9 Å². The van der Waals surface area contributed by atoms with E-state index in [0.717, 1.165) is 18.5 Å². The van der Waals surface area contributed by atoms with E-state index in [0.29, 0.717) is 5.92 Å². The number of para-hydroxylation sites is 1. The Balaban J connectivity index is 1.97. The molecule has 0 spiro atoms. The van der Waals surface area contributed by atoms with Crippen LogP contribution in [0.4, 0.5) is 0 Å². The number of amides is 1. The van der Waals surface area contributed by atoms with Crippen molar-refractivity contribution in [2.24, 2.45) is 5.92 Å². The molecule has 1 aromatic carbocycles. The van der Waals surface area contributed by atoms with E-state index in [4.69, 9.17) is 0 Å². The molecule has 4 heteroatoms. The zero-order chi connectivity index (χ0) is 13.0. The van der Waals surface area contributed by atoms with Crippen molar-refractivity contribution in [3.05, 3.63) is 41.6 Å². The number of rotatable bonds is 3. The average molecular weight is 246 g/mol. The van der Waals surface area contributed by atoms with Gasteiger partial charge >= 0.3 is 0 Å². The van der Waals surface area contributed by atoms with Gasteiger partial charge in [-0.3, -0.25) is 10.2 Å². The minimum Gasteiger partial charge on any atom is -0.507 e. The Morgan fingerprint density at radius 3 is 2.89 bits per heavy atom. The lowest BCUT2D eigenvalue weighted by molar-refractivity contribution is 0.0934. The normalized spacial score (nSPS) is 18.9. The number of allylic oxidation sites excluding steroid dienone is 2. The molecule has 1 aliphatic carbocycles. The second-order valence-electron chi connectivity index (χ2n) is 4.59. The first kappa shape index (κ1) is 12.5. The first-order valence-corrected chi connectivity index (χ1v) is 6.23. The fourth-order valence-corrected chi connectivity index (χ4v) is 2.07. The van der Waals surface area contributed by atoms with Crippen LogP contribution in [0.25, 0.3) is 0 Å². The van der Waals surface area contributed by atoms with Gasteiger partial charge in [0.15, 0.2) is 0 Å². The Morgan fingerprint density at radius 1 is 1.39 bits per heavy atom. The van der Waals surface area contributed by atoms with Crippen LogP contribution in [0, 0.1) is 5.92 Å². The third kappa shape index (κ3) is 2.83. The molecule has 0 saturated carbocycles. The Morgan fingerprint density at radius 2 is 2.17 bits per heavy atom. The summed E-state index contributed by atoms with van der Waals surface area (Å²) in [6, 6.07) is 6.49. The largest absolute Gasteiger partial charge is 0.507 e. The van der Waals surface area contributed by atoms with Crippen molar-refractivity contribution < 1.29 is 9.90 Å². The molecule has 0 radical (unpaired) electrons. The van der Waals surface area contributed by atoms with E-state index in [1.807, 2.05) is 0 Å². The maximum Gasteiger partial charge on any atom is 0.273 e. The van der Waals surface area contributed by atoms with Crippen LogP contribution in [-0.2, 0) is 0 Å². The third-order valence-corrected chi connectivity index (χ3v) is 3.21. The van der Waals surface area contributed by atoms with Crippen LogP contribution >= 0.6 is 0 Å². The van der Waals surface area contributed by atoms with Gasteiger partial charge in [0.05, 0.1) is 5.56 Å². The van der Waals surface area contributed by atoms with E-state index in [-0.39, 0.29) is 17.2 Å². The van der Waals surface area contributed by atoms with Gasteiger partial charge in [-0.15, -0.1) is 0 Å². The molecule has 0 heterocycles. The maximum absolute atomic E-state index is 11.9. The third-order valence-electron chi connectivity index (χ3n) is 3.21. The lowest BCUT2D eigenvalue weighted by atomic mass is 9.94. The number of carbonyl (C=O) groups is 1. The van der Waals surface area contributed by atoms with E-state index < -0.39 is 0 Å². The van der Waals surface area contributed by atoms with Gasteiger partial charge in [0.1, 0.15) is 5.75 Å². The van der Waals surface area contributed by atoms with Crippen LogP contribution < -0.4 is 10.9 Å². The van der Waals surface area contributed by atoms with Crippen molar-refractivity contribution in [3.8, 4) is 5.75 Å². The second kappa shape index (κ2) is 5.58. The first-order valence-electron chi connectivity index (χ1n) is 6.23. The summed E-state index contributed by atoms with van der Waals surface area (Å²) < 4.78 is 0. The molecule has 0 saturated heterocycles. The SMILES string of the molecule is CC1CCCC=C1NNC(=O)c1ccccc1O. The standard InChI is InChI=1S/C14H18N2O2/c1-10-6-2-4-8-12(10)15-16-14(18)11-7-3-5-9-13(11)17/h3,5,7-10,15,17H,2,4,6H2,1H3,(H,16,18). The molecule has 1 unspecified atom stereocenters. The van der Waals surface area contributed by atoms with E-state index in [1.165, 1.54) is 12.5 Å². The first-order chi connectivity index (χ1) is 8.68. The molecule has 18 heavy (non-hydrogen) atoms. The monoisotopic (exact) mass is 246 g/mol. The summed E-state index contributed by atoms with van der Waals surface area (Å²) in [7, 11) is 0. The van der Waals surface area contributed by atoms with Crippen LogP contribution in [0.1, 0.15) is 36.5 Å². The van der Waals surface area contributed by atoms with Gasteiger partial charge in [-0.1, -0.05) is 25.1 Å². The Bertz CT molecular complexity index is 469. The predicted molar refractivity (Wildman–Crippen MR) is 69.8 cm³/mol. The highest BCUT2D eigenvalue weighted by Crippen LogP contribution is 2.21. The van der Waals surface area contributed by atoms with Crippen molar-refractivity contribution in [1.29, 1.82) is 0 Å². The highest BCUT2D eigenvalue weighted by atomic mass is 16.3. The molecule has 0 aliphatic heterocycles. The number of hydrazine groups is 1. The molecule has 0 aromatic heterocycles. The number of hydrogen-bond acceptors (Lipinski definition) is 3. The Hall–Kier alpha value is -1.97. The number of aromatic hydroxyl groups is 1. The lowest BCUT2D eigenvalue weighted by Gasteiger charge is -2.22. The molecule has 1 aliphatic rings. The van der Waals surface area contributed by atoms with Gasteiger partial charge in [-0.05, 0) is 37.3 Å². The molecule has 3 N–H and O–H groups in total. The van der Waals surface area contributed by atoms with Gasteiger partial charge in [0, 0.05) is 5.70 Å². The Kier molecular flexibility index (Phi) is 3.87. The van der Waals surface area contributed by atoms with Crippen LogP contribution in [0.3, 0.4) is 0 Å². The number of phenolic OH excluding ortho intramolecular Hbond substituents is 1. The molecular formula is C14H18N2O2. The quantitative estimate of drug-likeness (QED) is 0.717. The summed E-state index contributed by atoms with van der Waals surface area (Å²) in [5.74, 6) is 0.0951. The molecule has 1 amide bonds. The van der Waals surface area contributed by atoms with Gasteiger partial charge < -0.3 is 10.5 Å². The average Bonchev–Trinajstić information content (AvgIpc) is 2.38. The minimum atomic E-state index is -0.327. The van der Waals surface area contributed by atoms with E-state index in [9.17, 15) is 9.90 Å². The highest BCUT2D eigenvalue weighted by molar-refractivity contribution is 5.96. The van der Waals surface area contributed by atoms with Crippen molar-refractivity contribution in [2.75, 3.05) is 0 Å². The fraction of sp³-hybridized carbons (Fsp3) is 0.357. The maximum atomic E-state index is 11.9. The lowest BCUT2D eigenvalue weighted by Crippen LogP contribution is -2.39. The number of benzene rings is 1. The van der Waals surface area contributed by atoms with Crippen molar-refractivity contribution in [2.45, 2.75) is 26.2 Å². The van der Waals surface area contributed by atoms with Gasteiger partial charge in [-0.2, -0.15) is 0 Å². The zero-order valence-corrected chi connectivity index (χ0v) is 10.4. The molecule has 0 fully saturated rings. The van der Waals surface area contributed by atoms with Gasteiger partial charge in [0.2, 0.25) is 0 Å². The summed E-state index contributed by atoms with van der Waals surface area (Å²) in [5.41, 5.74) is 6.89. The topological polar surface area (TPSA) is 61.4 Å². The summed E-state index contributed by atoms with van der Waals surface area (Å²) in [6.45, 7) is 2.13. The van der Waals surface area contributed by atoms with Crippen molar-refractivity contribution in [3.63, 3.8) is 0 Å². The molecular weight excluding hydrogens is 228 g/mol. The summed E-state index contributed by atoms with van der Waals surface area (Å²) >= 11 is 0. The predicted octanol–water partition coefficient (Wildman–Crippen LogP) is 2.33. The second-order valence-corrected chi connectivity index (χ2v) is 4.59. The molecule has 1 aromatic rings. The number of carbonyl (C=O) groups excluding carboxylic acids is 1. The minimum absolute atomic E-state index is 0.0116. The van der Waals surface area contributed by atoms with Crippen LogP contribution in [0.15, 0.2) is 36.0 Å². The van der Waals surface area contributed by atoms with E-state index >= 15 is 0 Å². The van der Waals surface area contributed by atoms with Crippen LogP contribution in [-0.4, -0.2) is 11.0 Å². The summed E-state index contributed by atoms with van der Waals surface area (Å²) in [5, 5.41) is 9.57. The summed E-state index contributed by atoms with van der Waals surface area (Å²) in [4.78, 5) is 11.9. The number of hydrogen-bond donors (Lipinski definition) is 3. The highest BCUT2D eigenvalue weighted by Gasteiger charge is 2.14. The zero-order valence-electron chi connectivity index (χ0n) is 10.4. The number of phenols is 1. The van der Waals surface area contributed by atoms with E-state index in [1.54, 1.807) is 18.2 Å². The van der Waals surface area contributed by atoms with Gasteiger partial charge in [0.25, 0.3) is 5.91 Å². The molecule has 1 atom stereocenters. The molecule has 96 valence electrons. The number of nitrogens with one attached hydrogen (secondary N) is 2. The van der Waals surface area contributed by atoms with Crippen LogP contribution in [0.2, 0.25) is 0 Å².